The van der Waals surface area contributed by atoms with Crippen molar-refractivity contribution in [1.82, 2.24) is 108 Å². The summed E-state index contributed by atoms with van der Waals surface area (Å²) < 4.78 is 63.4. The van der Waals surface area contributed by atoms with Gasteiger partial charge in [-0.2, -0.15) is 25.7 Å². The van der Waals surface area contributed by atoms with E-state index in [-0.39, 0.29) is 28.8 Å². The third-order valence-electron chi connectivity index (χ3n) is 26.3. The van der Waals surface area contributed by atoms with Gasteiger partial charge in [-0.3, -0.25) is 34.7 Å². The molecule has 0 spiro atoms. The zero-order valence-corrected chi connectivity index (χ0v) is 75.7. The number of nitriles is 1. The van der Waals surface area contributed by atoms with Gasteiger partial charge in [-0.15, -0.1) is 0 Å². The molecule has 19 heterocycles. The van der Waals surface area contributed by atoms with Gasteiger partial charge in [-0.05, 0) is 167 Å². The second-order valence-corrected chi connectivity index (χ2v) is 35.9. The first-order valence-corrected chi connectivity index (χ1v) is 45.0. The number of β-amino-alcohol motifs (C(OH)–C–C–N with tert-alkyl or cyclic N) is 1. The molecule has 4 aromatic carbocycles. The van der Waals surface area contributed by atoms with Gasteiger partial charge in [0.25, 0.3) is 0 Å². The Labute approximate surface area is 769 Å². The summed E-state index contributed by atoms with van der Waals surface area (Å²) in [5.41, 5.74) is 19.7. The molecule has 1 N–H and O–H groups in total. The van der Waals surface area contributed by atoms with Crippen molar-refractivity contribution in [2.45, 2.75) is 66.0 Å². The SMILES string of the molecule is Cc1cc2c(-c3cnn4cc(N5CC(CC#N)(N6CCN(C)CC6)C5)cnc34)ccnc2cc1F.Cc1cc2c(-c3cnn4cc(N5CCN(CC(C)(C)O)CC5)cnc34)ccnc2cc1F.Cc1cc2c(-c3cnn4cc(N5CCN(c6ccncc6)CC5)cnc34)ccnc2cc1F.Cc1nccc(N2CCN(c3cnc4c(-c5ccnc6cc(F)c(C)cc56)cnn4c3)CC2)n1. The third-order valence-corrected chi connectivity index (χ3v) is 26.3. The van der Waals surface area contributed by atoms with Crippen LogP contribution in [0.25, 0.3) is 111 Å². The molecular formula is C100H99F4N29O. The van der Waals surface area contributed by atoms with E-state index in [9.17, 15) is 27.9 Å². The van der Waals surface area contributed by atoms with Gasteiger partial charge in [0, 0.05) is 241 Å². The summed E-state index contributed by atoms with van der Waals surface area (Å²) >= 11 is 0. The standard InChI is InChI=1S/C26H27FN8.C25H23FN8.C25H22FN7.C24H27FN6O/c1-18-11-21-20(3-6-29-24(21)12-23(18)27)22-14-31-35-15-19(13-30-25(22)35)33-16-26(17-33,4-5-28)34-9-7-32(2)8-10-34;1-16-11-20-19(3-5-28-23(20)12-22(16)26)21-14-30-34-15-18(13-29-25(21)34)32-7-9-33(10-8-32)24-4-6-27-17(2)31-24;1-17-12-21-20(4-7-28-24(21)13-23(17)26)22-15-30-33-16-19(14-29-25(22)33)32-10-8-31(9-11-32)18-2-5-27-6-3-18;1-16-10-19-18(4-5-26-22(19)11-21(16)25)20-13-28-31-14-17(12-27-23(20)31)30-8-6-29(7-9-30)15-24(2,3)32/h3,6,11-15H,4,7-10,16-17H2,1-2H3;3-6,11-15H,7-10H2,1-2H3;2-7,12-16H,8-11H2,1H3;4-5,10-14,32H,6-9,15H2,1-3H3. The lowest BCUT2D eigenvalue weighted by Gasteiger charge is -2.57. The Balaban J connectivity index is 0.000000111. The average molecular weight is 1800 g/mol. The number of fused-ring (bicyclic) bond motifs is 8. The van der Waals surface area contributed by atoms with E-state index >= 15 is 0 Å². The molecule has 5 saturated heterocycles. The Morgan fingerprint density at radius 1 is 0.366 bits per heavy atom. The van der Waals surface area contributed by atoms with Crippen molar-refractivity contribution in [2.75, 3.05) is 161 Å². The molecule has 0 radical (unpaired) electrons. The molecule has 14 aromatic heterocycles. The Hall–Kier alpha value is -14.9. The van der Waals surface area contributed by atoms with Crippen molar-refractivity contribution >= 4 is 100 Å². The molecule has 678 valence electrons. The number of aromatic nitrogens is 19. The molecule has 5 aliphatic heterocycles. The molecule has 0 aliphatic carbocycles. The molecule has 0 bridgehead atoms. The summed E-state index contributed by atoms with van der Waals surface area (Å²) in [7, 11) is 2.15. The Morgan fingerprint density at radius 3 is 1.04 bits per heavy atom. The predicted octanol–water partition coefficient (Wildman–Crippen LogP) is 14.3. The molecule has 18 aromatic rings. The number of anilines is 6. The zero-order valence-electron chi connectivity index (χ0n) is 75.7. The lowest BCUT2D eigenvalue weighted by Crippen LogP contribution is -2.72. The summed E-state index contributed by atoms with van der Waals surface area (Å²) in [6, 6.07) is 29.4. The van der Waals surface area contributed by atoms with Gasteiger partial charge in [-0.25, -0.2) is 65.5 Å². The van der Waals surface area contributed by atoms with Crippen LogP contribution in [0.1, 0.15) is 48.3 Å². The van der Waals surface area contributed by atoms with Crippen molar-refractivity contribution in [3.63, 3.8) is 0 Å². The van der Waals surface area contributed by atoms with Gasteiger partial charge in [0.1, 0.15) is 34.9 Å². The molecule has 30 nitrogen and oxygen atoms in total. The number of aliphatic hydroxyl groups is 1. The summed E-state index contributed by atoms with van der Waals surface area (Å²) in [5, 5.41) is 41.4. The molecule has 23 rings (SSSR count). The van der Waals surface area contributed by atoms with E-state index in [1.165, 1.54) is 30.0 Å². The fraction of sp³-hybridized carbons (Fsp3) is 0.300. The van der Waals surface area contributed by atoms with Crippen molar-refractivity contribution in [1.29, 1.82) is 5.26 Å². The summed E-state index contributed by atoms with van der Waals surface area (Å²) in [6.07, 6.45) is 35.7. The van der Waals surface area contributed by atoms with E-state index in [2.05, 4.69) is 112 Å². The average Bonchev–Trinajstić information content (AvgIpc) is 1.41. The monoisotopic (exact) mass is 1800 g/mol. The van der Waals surface area contributed by atoms with Crippen molar-refractivity contribution in [3.05, 3.63) is 260 Å². The number of nitrogens with zero attached hydrogens (tertiary/aromatic N) is 29. The van der Waals surface area contributed by atoms with E-state index < -0.39 is 5.60 Å². The molecule has 0 unspecified atom stereocenters. The maximum Gasteiger partial charge on any atom is 0.162 e. The fourth-order valence-corrected chi connectivity index (χ4v) is 18.9. The number of piperazine rings is 4. The zero-order chi connectivity index (χ0) is 92.2. The Morgan fingerprint density at radius 2 is 0.694 bits per heavy atom. The number of aryl methyl sites for hydroxylation is 5. The van der Waals surface area contributed by atoms with E-state index in [0.29, 0.717) is 57.3 Å². The smallest absolute Gasteiger partial charge is 0.162 e. The third kappa shape index (κ3) is 17.5. The van der Waals surface area contributed by atoms with Gasteiger partial charge in [0.15, 0.2) is 22.6 Å². The minimum Gasteiger partial charge on any atom is -0.389 e. The topological polar surface area (TPSA) is 284 Å². The van der Waals surface area contributed by atoms with Crippen LogP contribution in [0.4, 0.5) is 51.8 Å². The number of pyridine rings is 5. The lowest BCUT2D eigenvalue weighted by atomic mass is 9.83. The minimum atomic E-state index is -0.685. The van der Waals surface area contributed by atoms with Gasteiger partial charge < -0.3 is 39.4 Å². The van der Waals surface area contributed by atoms with Crippen molar-refractivity contribution < 1.29 is 22.7 Å². The van der Waals surface area contributed by atoms with Crippen LogP contribution in [0.3, 0.4) is 0 Å². The van der Waals surface area contributed by atoms with Crippen LogP contribution in [0, 0.1) is 69.2 Å². The highest BCUT2D eigenvalue weighted by atomic mass is 19.1. The summed E-state index contributed by atoms with van der Waals surface area (Å²) in [6.45, 7) is 29.7. The van der Waals surface area contributed by atoms with E-state index in [0.717, 1.165) is 241 Å². The molecule has 0 saturated carbocycles. The van der Waals surface area contributed by atoms with E-state index in [1.807, 2.05) is 171 Å². The second kappa shape index (κ2) is 36.3. The van der Waals surface area contributed by atoms with E-state index in [4.69, 9.17) is 19.9 Å². The predicted molar refractivity (Wildman–Crippen MR) is 513 cm³/mol. The van der Waals surface area contributed by atoms with Crippen LogP contribution in [-0.4, -0.2) is 256 Å². The molecule has 34 heteroatoms. The summed E-state index contributed by atoms with van der Waals surface area (Å²) in [5.74, 6) is 0.729. The van der Waals surface area contributed by atoms with Crippen molar-refractivity contribution in [3.8, 4) is 50.6 Å². The minimum absolute atomic E-state index is 0.0939. The number of rotatable bonds is 14. The number of benzene rings is 4. The van der Waals surface area contributed by atoms with Crippen LogP contribution < -0.4 is 29.4 Å². The van der Waals surface area contributed by atoms with Crippen molar-refractivity contribution in [2.24, 2.45) is 0 Å². The maximum atomic E-state index is 14.1. The van der Waals surface area contributed by atoms with Gasteiger partial charge in [0.05, 0.1) is 143 Å². The van der Waals surface area contributed by atoms with Gasteiger partial charge >= 0.3 is 0 Å². The fourth-order valence-electron chi connectivity index (χ4n) is 18.9. The largest absolute Gasteiger partial charge is 0.389 e. The summed E-state index contributed by atoms with van der Waals surface area (Å²) in [4.78, 5) is 70.2. The van der Waals surface area contributed by atoms with Gasteiger partial charge in [-0.1, -0.05) is 0 Å². The number of likely N-dealkylation sites (N-methyl/N-ethyl adjacent to an activating group) is 1. The number of halogens is 4. The molecule has 5 aliphatic rings. The highest BCUT2D eigenvalue weighted by molar-refractivity contribution is 6.01. The molecule has 134 heavy (non-hydrogen) atoms. The normalized spacial score (nSPS) is 15.8. The quantitative estimate of drug-likeness (QED) is 0.0990. The highest BCUT2D eigenvalue weighted by Crippen LogP contribution is 2.41. The second-order valence-electron chi connectivity index (χ2n) is 35.9. The van der Waals surface area contributed by atoms with Crippen LogP contribution in [-0.2, 0) is 0 Å². The molecule has 0 amide bonds. The van der Waals surface area contributed by atoms with Crippen LogP contribution >= 0.6 is 0 Å². The van der Waals surface area contributed by atoms with E-state index in [1.54, 1.807) is 80.1 Å². The molecule has 5 fully saturated rings. The first kappa shape index (κ1) is 87.1. The van der Waals surface area contributed by atoms with Crippen LogP contribution in [0.2, 0.25) is 0 Å². The first-order valence-electron chi connectivity index (χ1n) is 45.0. The lowest BCUT2D eigenvalue weighted by molar-refractivity contribution is 0.0221. The Bertz CT molecular complexity index is 7480. The first-order chi connectivity index (χ1) is 65.0. The van der Waals surface area contributed by atoms with Crippen LogP contribution in [0.5, 0.6) is 0 Å². The molecular weight excluding hydrogens is 1700 g/mol. The number of hydrogen-bond donors (Lipinski definition) is 1. The van der Waals surface area contributed by atoms with Gasteiger partial charge in [0.2, 0.25) is 0 Å². The molecule has 0 atom stereocenters. The highest BCUT2D eigenvalue weighted by Gasteiger charge is 2.48. The maximum absolute atomic E-state index is 14.1. The van der Waals surface area contributed by atoms with Crippen LogP contribution in [0.15, 0.2) is 209 Å². The Kier molecular flexibility index (Phi) is 23.6. The number of hydrogen-bond acceptors (Lipinski definition) is 26.